The minimum Gasteiger partial charge on any atom is -0.425 e. The molecule has 1 aliphatic heterocycles. The molecule has 0 unspecified atom stereocenters. The normalized spacial score (nSPS) is 19.8. The summed E-state index contributed by atoms with van der Waals surface area (Å²) < 4.78 is 5.86. The molecule has 2 fully saturated rings. The molecule has 0 spiro atoms. The third-order valence-electron chi connectivity index (χ3n) is 5.45. The van der Waals surface area contributed by atoms with Gasteiger partial charge in [-0.2, -0.15) is 0 Å². The third-order valence-corrected chi connectivity index (χ3v) is 5.45. The molecule has 1 saturated carbocycles. The second-order valence-electron chi connectivity index (χ2n) is 7.22. The molecule has 1 aromatic carbocycles. The molecule has 2 heterocycles. The van der Waals surface area contributed by atoms with Gasteiger partial charge in [0.25, 0.3) is 0 Å². The van der Waals surface area contributed by atoms with Crippen LogP contribution in [0.25, 0.3) is 0 Å². The number of nitrogens with zero attached hydrogens (tertiary/aromatic N) is 3. The maximum Gasteiger partial charge on any atom is 0.230 e. The largest absolute Gasteiger partial charge is 0.425 e. The summed E-state index contributed by atoms with van der Waals surface area (Å²) >= 11 is 0. The molecular weight excluding hydrogens is 314 g/mol. The topological polar surface area (TPSA) is 59.2 Å². The van der Waals surface area contributed by atoms with Crippen molar-refractivity contribution in [2.24, 2.45) is 0 Å². The number of rotatable bonds is 5. The first-order valence-electron chi connectivity index (χ1n) is 9.43. The Morgan fingerprint density at radius 3 is 2.24 bits per heavy atom. The molecule has 0 N–H and O–H groups in total. The van der Waals surface area contributed by atoms with E-state index in [9.17, 15) is 4.79 Å². The number of benzene rings is 1. The van der Waals surface area contributed by atoms with Crippen molar-refractivity contribution in [3.05, 3.63) is 47.7 Å². The Labute approximate surface area is 148 Å². The first kappa shape index (κ1) is 16.3. The molecule has 4 rings (SSSR count). The molecule has 0 radical (unpaired) electrons. The van der Waals surface area contributed by atoms with Crippen molar-refractivity contribution in [2.75, 3.05) is 13.1 Å². The molecule has 1 saturated heterocycles. The maximum absolute atomic E-state index is 12.9. The lowest BCUT2D eigenvalue weighted by Gasteiger charge is -2.33. The average Bonchev–Trinajstić information content (AvgIpc) is 3.40. The zero-order chi connectivity index (χ0) is 17.2. The van der Waals surface area contributed by atoms with Crippen LogP contribution in [-0.2, 0) is 4.79 Å². The van der Waals surface area contributed by atoms with Crippen LogP contribution in [0.4, 0.5) is 0 Å². The van der Waals surface area contributed by atoms with Crippen LogP contribution in [0.15, 0.2) is 34.7 Å². The molecule has 2 aliphatic rings. The van der Waals surface area contributed by atoms with E-state index < -0.39 is 0 Å². The van der Waals surface area contributed by atoms with Gasteiger partial charge in [0, 0.05) is 24.9 Å². The summed E-state index contributed by atoms with van der Waals surface area (Å²) in [4.78, 5) is 15.0. The van der Waals surface area contributed by atoms with Gasteiger partial charge in [0.1, 0.15) is 0 Å². The number of aromatic nitrogens is 2. The summed E-state index contributed by atoms with van der Waals surface area (Å²) in [6.45, 7) is 3.63. The highest BCUT2D eigenvalue weighted by Gasteiger charge is 2.33. The van der Waals surface area contributed by atoms with E-state index in [1.165, 1.54) is 12.8 Å². The Morgan fingerprint density at radius 2 is 1.68 bits per heavy atom. The fraction of sp³-hybridized carbons (Fsp3) is 0.550. The molecule has 5 heteroatoms. The zero-order valence-corrected chi connectivity index (χ0v) is 14.7. The average molecular weight is 339 g/mol. The van der Waals surface area contributed by atoms with Crippen molar-refractivity contribution in [1.82, 2.24) is 15.1 Å². The molecule has 1 aromatic heterocycles. The van der Waals surface area contributed by atoms with Gasteiger partial charge in [-0.15, -0.1) is 10.2 Å². The summed E-state index contributed by atoms with van der Waals surface area (Å²) in [5.41, 5.74) is 1.11. The van der Waals surface area contributed by atoms with Gasteiger partial charge in [0.15, 0.2) is 0 Å². The van der Waals surface area contributed by atoms with Gasteiger partial charge in [-0.05, 0) is 37.7 Å². The van der Waals surface area contributed by atoms with Crippen molar-refractivity contribution >= 4 is 5.91 Å². The van der Waals surface area contributed by atoms with E-state index in [0.717, 1.165) is 49.7 Å². The van der Waals surface area contributed by atoms with E-state index >= 15 is 0 Å². The molecule has 1 amide bonds. The fourth-order valence-corrected chi connectivity index (χ4v) is 3.71. The van der Waals surface area contributed by atoms with Crippen LogP contribution < -0.4 is 0 Å². The quantitative estimate of drug-likeness (QED) is 0.830. The smallest absolute Gasteiger partial charge is 0.230 e. The van der Waals surface area contributed by atoms with Gasteiger partial charge in [0.2, 0.25) is 17.7 Å². The van der Waals surface area contributed by atoms with Gasteiger partial charge < -0.3 is 9.32 Å². The van der Waals surface area contributed by atoms with Crippen LogP contribution in [0.2, 0.25) is 0 Å². The summed E-state index contributed by atoms with van der Waals surface area (Å²) in [6.07, 6.45) is 4.99. The van der Waals surface area contributed by atoms with Crippen LogP contribution in [0.3, 0.4) is 0 Å². The lowest BCUT2D eigenvalue weighted by Crippen LogP contribution is -2.40. The van der Waals surface area contributed by atoms with E-state index in [4.69, 9.17) is 4.42 Å². The number of likely N-dealkylation sites (tertiary alicyclic amines) is 1. The van der Waals surface area contributed by atoms with Gasteiger partial charge in [-0.1, -0.05) is 37.3 Å². The van der Waals surface area contributed by atoms with E-state index in [-0.39, 0.29) is 11.8 Å². The second kappa shape index (κ2) is 6.98. The number of carbonyl (C=O) groups is 1. The van der Waals surface area contributed by atoms with Crippen LogP contribution in [0.5, 0.6) is 0 Å². The Hall–Kier alpha value is -2.17. The molecular formula is C20H25N3O2. The minimum absolute atomic E-state index is 0.0392. The number of carbonyl (C=O) groups excluding carboxylic acids is 1. The van der Waals surface area contributed by atoms with Crippen LogP contribution in [0.1, 0.15) is 74.1 Å². The van der Waals surface area contributed by atoms with E-state index in [1.807, 2.05) is 23.1 Å². The number of hydrogen-bond donors (Lipinski definition) is 0. The lowest BCUT2D eigenvalue weighted by atomic mass is 9.92. The van der Waals surface area contributed by atoms with Crippen molar-refractivity contribution in [3.8, 4) is 0 Å². The van der Waals surface area contributed by atoms with E-state index in [1.54, 1.807) is 0 Å². The Balaban J connectivity index is 1.38. The molecule has 1 atom stereocenters. The standard InChI is InChI=1S/C20H25N3O2/c1-2-17(14-6-4-3-5-7-14)20(24)23-12-10-16(11-13-23)19-22-21-18(25-19)15-8-9-15/h3-7,15-17H,2,8-13H2,1H3/t17-/m1/s1. The van der Waals surface area contributed by atoms with Crippen LogP contribution in [-0.4, -0.2) is 34.1 Å². The first-order chi connectivity index (χ1) is 12.3. The first-order valence-corrected chi connectivity index (χ1v) is 9.43. The third kappa shape index (κ3) is 3.46. The van der Waals surface area contributed by atoms with Gasteiger partial charge in [0.05, 0.1) is 5.92 Å². The van der Waals surface area contributed by atoms with Gasteiger partial charge in [-0.3, -0.25) is 4.79 Å². The highest BCUT2D eigenvalue weighted by Crippen LogP contribution is 2.40. The molecule has 2 aromatic rings. The monoisotopic (exact) mass is 339 g/mol. The Bertz CT molecular complexity index is 716. The zero-order valence-electron chi connectivity index (χ0n) is 14.7. The highest BCUT2D eigenvalue weighted by atomic mass is 16.4. The number of hydrogen-bond acceptors (Lipinski definition) is 4. The van der Waals surface area contributed by atoms with Crippen molar-refractivity contribution in [2.45, 2.75) is 56.8 Å². The summed E-state index contributed by atoms with van der Waals surface area (Å²) in [7, 11) is 0. The van der Waals surface area contributed by atoms with Gasteiger partial charge in [-0.25, -0.2) is 0 Å². The number of piperidine rings is 1. The van der Waals surface area contributed by atoms with E-state index in [2.05, 4.69) is 29.3 Å². The lowest BCUT2D eigenvalue weighted by molar-refractivity contribution is -0.134. The van der Waals surface area contributed by atoms with Crippen molar-refractivity contribution in [3.63, 3.8) is 0 Å². The summed E-state index contributed by atoms with van der Waals surface area (Å²) in [5.74, 6) is 2.58. The van der Waals surface area contributed by atoms with Crippen LogP contribution in [0, 0.1) is 0 Å². The van der Waals surface area contributed by atoms with Crippen molar-refractivity contribution in [1.29, 1.82) is 0 Å². The maximum atomic E-state index is 12.9. The highest BCUT2D eigenvalue weighted by molar-refractivity contribution is 5.83. The van der Waals surface area contributed by atoms with Crippen LogP contribution >= 0.6 is 0 Å². The predicted octanol–water partition coefficient (Wildman–Crippen LogP) is 3.85. The minimum atomic E-state index is -0.0392. The number of amides is 1. The second-order valence-corrected chi connectivity index (χ2v) is 7.22. The summed E-state index contributed by atoms with van der Waals surface area (Å²) in [6, 6.07) is 10.1. The predicted molar refractivity (Wildman–Crippen MR) is 94.3 cm³/mol. The Kier molecular flexibility index (Phi) is 4.55. The fourth-order valence-electron chi connectivity index (χ4n) is 3.71. The van der Waals surface area contributed by atoms with Crippen molar-refractivity contribution < 1.29 is 9.21 Å². The SMILES string of the molecule is CC[C@@H](C(=O)N1CCC(c2nnc(C3CC3)o2)CC1)c1ccccc1. The Morgan fingerprint density at radius 1 is 1.08 bits per heavy atom. The molecule has 0 bridgehead atoms. The molecule has 1 aliphatic carbocycles. The molecule has 132 valence electrons. The molecule has 25 heavy (non-hydrogen) atoms. The summed E-state index contributed by atoms with van der Waals surface area (Å²) in [5, 5.41) is 8.44. The molecule has 5 nitrogen and oxygen atoms in total. The van der Waals surface area contributed by atoms with E-state index in [0.29, 0.717) is 11.8 Å². The van der Waals surface area contributed by atoms with Gasteiger partial charge >= 0.3 is 0 Å².